The molecule has 2 aromatic carbocycles. The number of nitrogens with two attached hydrogens (primary N) is 1. The number of hydrogen-bond acceptors (Lipinski definition) is 3. The molecule has 0 amide bonds. The van der Waals surface area contributed by atoms with Gasteiger partial charge in [0.15, 0.2) is 0 Å². The molecule has 4 nitrogen and oxygen atoms in total. The summed E-state index contributed by atoms with van der Waals surface area (Å²) in [6.45, 7) is 1.63. The molecule has 0 heterocycles. The summed E-state index contributed by atoms with van der Waals surface area (Å²) < 4.78 is 29.0. The summed E-state index contributed by atoms with van der Waals surface area (Å²) in [7, 11) is -3.75. The molecule has 0 unspecified atom stereocenters. The van der Waals surface area contributed by atoms with E-state index in [0.29, 0.717) is 31.6 Å². The predicted octanol–water partition coefficient (Wildman–Crippen LogP) is 4.50. The highest BCUT2D eigenvalue weighted by molar-refractivity contribution is 9.10. The fourth-order valence-corrected chi connectivity index (χ4v) is 3.31. The van der Waals surface area contributed by atoms with Gasteiger partial charge in [-0.25, -0.2) is 13.6 Å². The third-order valence-corrected chi connectivity index (χ3v) is 5.22. The summed E-state index contributed by atoms with van der Waals surface area (Å²) in [4.78, 5) is 0.0507. The van der Waals surface area contributed by atoms with Crippen molar-refractivity contribution in [3.8, 4) is 11.5 Å². The Hall–Kier alpha value is -0.790. The van der Waals surface area contributed by atoms with Gasteiger partial charge in [0, 0.05) is 10.5 Å². The molecule has 2 rings (SSSR count). The first-order chi connectivity index (χ1) is 9.68. The van der Waals surface area contributed by atoms with Gasteiger partial charge in [-0.2, -0.15) is 0 Å². The van der Waals surface area contributed by atoms with Crippen LogP contribution >= 0.6 is 39.1 Å². The molecule has 21 heavy (non-hydrogen) atoms. The van der Waals surface area contributed by atoms with Crippen LogP contribution in [0.5, 0.6) is 11.5 Å². The Labute approximate surface area is 141 Å². The van der Waals surface area contributed by atoms with Gasteiger partial charge in [-0.05, 0) is 52.7 Å². The zero-order chi connectivity index (χ0) is 15.8. The van der Waals surface area contributed by atoms with Gasteiger partial charge in [0.25, 0.3) is 0 Å². The van der Waals surface area contributed by atoms with E-state index in [1.54, 1.807) is 25.1 Å². The number of halogens is 3. The first-order valence-corrected chi connectivity index (χ1v) is 8.74. The van der Waals surface area contributed by atoms with Crippen molar-refractivity contribution in [2.75, 3.05) is 0 Å². The van der Waals surface area contributed by atoms with E-state index in [2.05, 4.69) is 15.9 Å². The Kier molecular flexibility index (Phi) is 4.85. The molecule has 0 atom stereocenters. The van der Waals surface area contributed by atoms with Gasteiger partial charge < -0.3 is 4.74 Å². The van der Waals surface area contributed by atoms with E-state index >= 15 is 0 Å². The van der Waals surface area contributed by atoms with E-state index in [0.717, 1.165) is 0 Å². The van der Waals surface area contributed by atoms with E-state index in [-0.39, 0.29) is 4.90 Å². The van der Waals surface area contributed by atoms with Gasteiger partial charge >= 0.3 is 0 Å². The molecule has 0 fully saturated rings. The molecule has 0 radical (unpaired) electrons. The highest BCUT2D eigenvalue weighted by Gasteiger charge is 2.13. The molecule has 0 saturated heterocycles. The number of benzene rings is 2. The second-order valence-corrected chi connectivity index (χ2v) is 7.47. The van der Waals surface area contributed by atoms with Gasteiger partial charge in [0.2, 0.25) is 10.0 Å². The summed E-state index contributed by atoms with van der Waals surface area (Å²) in [5, 5.41) is 5.93. The molecule has 112 valence electrons. The Morgan fingerprint density at radius 1 is 1.14 bits per heavy atom. The first kappa shape index (κ1) is 16.6. The molecule has 0 aromatic heterocycles. The van der Waals surface area contributed by atoms with Crippen LogP contribution in [0, 0.1) is 6.92 Å². The molecule has 0 spiro atoms. The lowest BCUT2D eigenvalue weighted by Crippen LogP contribution is -2.13. The van der Waals surface area contributed by atoms with Crippen molar-refractivity contribution in [2.24, 2.45) is 5.14 Å². The highest BCUT2D eigenvalue weighted by Crippen LogP contribution is 2.37. The van der Waals surface area contributed by atoms with Crippen LogP contribution in [0.3, 0.4) is 0 Å². The molecule has 8 heteroatoms. The average molecular weight is 411 g/mol. The number of hydrogen-bond donors (Lipinski definition) is 1. The van der Waals surface area contributed by atoms with Crippen LogP contribution in [0.2, 0.25) is 10.0 Å². The van der Waals surface area contributed by atoms with Crippen LogP contribution in [0.25, 0.3) is 0 Å². The fraction of sp³-hybridized carbons (Fsp3) is 0.0769. The SMILES string of the molecule is Cc1cc(Oc2cc(Cl)c(Br)cc2Cl)ccc1S(N)(=O)=O. The zero-order valence-corrected chi connectivity index (χ0v) is 14.6. The van der Waals surface area contributed by atoms with Crippen molar-refractivity contribution in [3.63, 3.8) is 0 Å². The summed E-state index contributed by atoms with van der Waals surface area (Å²) >= 11 is 15.3. The maximum atomic E-state index is 11.4. The number of sulfonamides is 1. The minimum atomic E-state index is -3.75. The Morgan fingerprint density at radius 3 is 2.38 bits per heavy atom. The average Bonchev–Trinajstić information content (AvgIpc) is 2.34. The van der Waals surface area contributed by atoms with Gasteiger partial charge in [-0.3, -0.25) is 0 Å². The largest absolute Gasteiger partial charge is 0.456 e. The normalized spacial score (nSPS) is 11.5. The second-order valence-electron chi connectivity index (χ2n) is 4.27. The minimum absolute atomic E-state index is 0.0507. The van der Waals surface area contributed by atoms with Gasteiger partial charge in [0.05, 0.1) is 14.9 Å². The van der Waals surface area contributed by atoms with Crippen LogP contribution in [0.1, 0.15) is 5.56 Å². The summed E-state index contributed by atoms with van der Waals surface area (Å²) in [6.07, 6.45) is 0. The van der Waals surface area contributed by atoms with Crippen LogP contribution in [-0.4, -0.2) is 8.42 Å². The summed E-state index contributed by atoms with van der Waals surface area (Å²) in [6, 6.07) is 7.63. The number of rotatable bonds is 3. The maximum Gasteiger partial charge on any atom is 0.238 e. The topological polar surface area (TPSA) is 69.4 Å². The van der Waals surface area contributed by atoms with E-state index in [1.165, 1.54) is 12.1 Å². The number of ether oxygens (including phenoxy) is 1. The first-order valence-electron chi connectivity index (χ1n) is 5.64. The maximum absolute atomic E-state index is 11.4. The van der Waals surface area contributed by atoms with Gasteiger partial charge in [-0.1, -0.05) is 23.2 Å². The lowest BCUT2D eigenvalue weighted by molar-refractivity contribution is 0.482. The van der Waals surface area contributed by atoms with Crippen molar-refractivity contribution >= 4 is 49.2 Å². The van der Waals surface area contributed by atoms with Gasteiger partial charge in [-0.15, -0.1) is 0 Å². The summed E-state index contributed by atoms with van der Waals surface area (Å²) in [5.74, 6) is 0.799. The molecule has 0 aliphatic rings. The van der Waals surface area contributed by atoms with Crippen molar-refractivity contribution in [1.82, 2.24) is 0 Å². The molecular formula is C13H10BrCl2NO3S. The molecule has 2 N–H and O–H groups in total. The quantitative estimate of drug-likeness (QED) is 0.757. The molecule has 0 bridgehead atoms. The molecule has 0 aliphatic carbocycles. The standard InChI is InChI=1S/C13H10BrCl2NO3S/c1-7-4-8(2-3-13(7)21(17,18)19)20-12-6-10(15)9(14)5-11(12)16/h2-6H,1H3,(H2,17,18,19). The number of aryl methyl sites for hydroxylation is 1. The molecule has 2 aromatic rings. The Balaban J connectivity index is 2.38. The number of primary sulfonamides is 1. The van der Waals surface area contributed by atoms with Crippen molar-refractivity contribution in [1.29, 1.82) is 0 Å². The van der Waals surface area contributed by atoms with E-state index in [9.17, 15) is 8.42 Å². The molecule has 0 saturated carbocycles. The predicted molar refractivity (Wildman–Crippen MR) is 86.8 cm³/mol. The van der Waals surface area contributed by atoms with Crippen LogP contribution < -0.4 is 9.88 Å². The van der Waals surface area contributed by atoms with Crippen LogP contribution in [-0.2, 0) is 10.0 Å². The van der Waals surface area contributed by atoms with Crippen molar-refractivity contribution in [3.05, 3.63) is 50.4 Å². The van der Waals surface area contributed by atoms with Crippen molar-refractivity contribution in [2.45, 2.75) is 11.8 Å². The van der Waals surface area contributed by atoms with Gasteiger partial charge in [0.1, 0.15) is 11.5 Å². The second kappa shape index (κ2) is 6.14. The lowest BCUT2D eigenvalue weighted by atomic mass is 10.2. The molecular weight excluding hydrogens is 401 g/mol. The third-order valence-electron chi connectivity index (χ3n) is 2.66. The Morgan fingerprint density at radius 2 is 1.81 bits per heavy atom. The smallest absolute Gasteiger partial charge is 0.238 e. The molecule has 0 aliphatic heterocycles. The van der Waals surface area contributed by atoms with Crippen LogP contribution in [0.15, 0.2) is 39.7 Å². The third kappa shape index (κ3) is 3.90. The highest BCUT2D eigenvalue weighted by atomic mass is 79.9. The monoisotopic (exact) mass is 409 g/mol. The lowest BCUT2D eigenvalue weighted by Gasteiger charge is -2.11. The minimum Gasteiger partial charge on any atom is -0.456 e. The summed E-state index contributed by atoms with van der Waals surface area (Å²) in [5.41, 5.74) is 0.481. The van der Waals surface area contributed by atoms with E-state index < -0.39 is 10.0 Å². The fourth-order valence-electron chi connectivity index (χ4n) is 1.71. The van der Waals surface area contributed by atoms with E-state index in [1.807, 2.05) is 0 Å². The van der Waals surface area contributed by atoms with Crippen molar-refractivity contribution < 1.29 is 13.2 Å². The zero-order valence-electron chi connectivity index (χ0n) is 10.7. The Bertz CT molecular complexity index is 809. The van der Waals surface area contributed by atoms with Crippen LogP contribution in [0.4, 0.5) is 0 Å². The van der Waals surface area contributed by atoms with E-state index in [4.69, 9.17) is 33.1 Å².